The second kappa shape index (κ2) is 6.60. The van der Waals surface area contributed by atoms with E-state index in [-0.39, 0.29) is 18.1 Å². The predicted molar refractivity (Wildman–Crippen MR) is 84.6 cm³/mol. The average Bonchev–Trinajstić information content (AvgIpc) is 2.88. The van der Waals surface area contributed by atoms with E-state index in [0.29, 0.717) is 5.69 Å². The summed E-state index contributed by atoms with van der Waals surface area (Å²) in [5, 5.41) is 16.9. The molecule has 122 valence electrons. The van der Waals surface area contributed by atoms with Gasteiger partial charge in [-0.25, -0.2) is 4.68 Å². The fraction of sp³-hybridized carbons (Fsp3) is 0.375. The summed E-state index contributed by atoms with van der Waals surface area (Å²) < 4.78 is 1.60. The first-order valence-electron chi connectivity index (χ1n) is 7.29. The van der Waals surface area contributed by atoms with Crippen LogP contribution in [0.4, 0.5) is 0 Å². The number of aryl methyl sites for hydroxylation is 1. The van der Waals surface area contributed by atoms with E-state index in [1.165, 1.54) is 4.90 Å². The Hall–Kier alpha value is -2.70. The molecule has 1 amide bonds. The molecule has 1 heterocycles. The van der Waals surface area contributed by atoms with Crippen LogP contribution in [-0.2, 0) is 4.79 Å². The van der Waals surface area contributed by atoms with Crippen LogP contribution in [0, 0.1) is 19.8 Å². The van der Waals surface area contributed by atoms with E-state index < -0.39 is 11.9 Å². The number of amides is 1. The summed E-state index contributed by atoms with van der Waals surface area (Å²) >= 11 is 0. The van der Waals surface area contributed by atoms with Crippen LogP contribution in [0.3, 0.4) is 0 Å². The Morgan fingerprint density at radius 2 is 1.87 bits per heavy atom. The van der Waals surface area contributed by atoms with Gasteiger partial charge in [-0.1, -0.05) is 29.8 Å². The molecule has 1 unspecified atom stereocenters. The summed E-state index contributed by atoms with van der Waals surface area (Å²) in [6, 6.07) is 7.72. The average molecular weight is 316 g/mol. The van der Waals surface area contributed by atoms with Crippen molar-refractivity contribution in [3.63, 3.8) is 0 Å². The molecule has 0 aliphatic heterocycles. The maximum absolute atomic E-state index is 12.4. The smallest absolute Gasteiger partial charge is 0.308 e. The Labute approximate surface area is 134 Å². The third-order valence-electron chi connectivity index (χ3n) is 3.69. The number of carbonyl (C=O) groups is 2. The molecule has 0 radical (unpaired) electrons. The molecule has 2 rings (SSSR count). The first kappa shape index (κ1) is 16.7. The topological polar surface area (TPSA) is 88.3 Å². The highest BCUT2D eigenvalue weighted by molar-refractivity contribution is 5.93. The highest BCUT2D eigenvalue weighted by atomic mass is 16.4. The van der Waals surface area contributed by atoms with E-state index in [0.717, 1.165) is 11.3 Å². The zero-order chi connectivity index (χ0) is 17.1. The maximum atomic E-state index is 12.4. The van der Waals surface area contributed by atoms with Crippen LogP contribution in [0.2, 0.25) is 0 Å². The molecule has 7 heteroatoms. The molecule has 0 aliphatic rings. The standard InChI is InChI=1S/C16H20N4O3/c1-10-5-7-13(8-6-10)20-12(3)14(17-18-20)15(21)19(4)9-11(2)16(22)23/h5-8,11H,9H2,1-4H3,(H,22,23). The lowest BCUT2D eigenvalue weighted by Gasteiger charge is -2.18. The van der Waals surface area contributed by atoms with Gasteiger partial charge in [-0.3, -0.25) is 9.59 Å². The zero-order valence-electron chi connectivity index (χ0n) is 13.6. The maximum Gasteiger partial charge on any atom is 0.308 e. The third-order valence-corrected chi connectivity index (χ3v) is 3.69. The van der Waals surface area contributed by atoms with Gasteiger partial charge in [0.2, 0.25) is 0 Å². The number of hydrogen-bond acceptors (Lipinski definition) is 4. The van der Waals surface area contributed by atoms with E-state index >= 15 is 0 Å². The summed E-state index contributed by atoms with van der Waals surface area (Å²) in [7, 11) is 1.56. The molecule has 0 saturated heterocycles. The van der Waals surface area contributed by atoms with Crippen molar-refractivity contribution in [3.05, 3.63) is 41.2 Å². The summed E-state index contributed by atoms with van der Waals surface area (Å²) in [6.45, 7) is 5.43. The van der Waals surface area contributed by atoms with E-state index in [9.17, 15) is 9.59 Å². The Balaban J connectivity index is 2.23. The molecular weight excluding hydrogens is 296 g/mol. The van der Waals surface area contributed by atoms with Crippen LogP contribution in [0.15, 0.2) is 24.3 Å². The number of aliphatic carboxylic acids is 1. The van der Waals surface area contributed by atoms with Crippen LogP contribution in [0.25, 0.3) is 5.69 Å². The minimum atomic E-state index is -0.940. The van der Waals surface area contributed by atoms with Crippen LogP contribution >= 0.6 is 0 Å². The number of carboxylic acids is 1. The van der Waals surface area contributed by atoms with Crippen molar-refractivity contribution in [2.45, 2.75) is 20.8 Å². The van der Waals surface area contributed by atoms with Gasteiger partial charge in [0.15, 0.2) is 5.69 Å². The lowest BCUT2D eigenvalue weighted by molar-refractivity contribution is -0.141. The van der Waals surface area contributed by atoms with Gasteiger partial charge in [-0.05, 0) is 26.0 Å². The van der Waals surface area contributed by atoms with Crippen molar-refractivity contribution >= 4 is 11.9 Å². The molecule has 1 aromatic heterocycles. The first-order valence-corrected chi connectivity index (χ1v) is 7.29. The number of benzene rings is 1. The first-order chi connectivity index (χ1) is 10.8. The fourth-order valence-electron chi connectivity index (χ4n) is 2.21. The van der Waals surface area contributed by atoms with E-state index in [2.05, 4.69) is 10.3 Å². The summed E-state index contributed by atoms with van der Waals surface area (Å²) in [5.74, 6) is -1.92. The molecule has 0 aliphatic carbocycles. The van der Waals surface area contributed by atoms with Crippen molar-refractivity contribution in [1.82, 2.24) is 19.9 Å². The third kappa shape index (κ3) is 3.56. The van der Waals surface area contributed by atoms with E-state index in [4.69, 9.17) is 5.11 Å². The van der Waals surface area contributed by atoms with Crippen LogP contribution in [0.1, 0.15) is 28.7 Å². The van der Waals surface area contributed by atoms with Gasteiger partial charge < -0.3 is 10.0 Å². The van der Waals surface area contributed by atoms with Crippen LogP contribution in [0.5, 0.6) is 0 Å². The second-order valence-electron chi connectivity index (χ2n) is 5.70. The summed E-state index contributed by atoms with van der Waals surface area (Å²) in [4.78, 5) is 24.7. The molecule has 23 heavy (non-hydrogen) atoms. The molecule has 2 aromatic rings. The Morgan fingerprint density at radius 1 is 1.26 bits per heavy atom. The van der Waals surface area contributed by atoms with Gasteiger partial charge >= 0.3 is 5.97 Å². The normalized spacial score (nSPS) is 12.0. The number of nitrogens with zero attached hydrogens (tertiary/aromatic N) is 4. The molecule has 1 N–H and O–H groups in total. The lowest BCUT2D eigenvalue weighted by atomic mass is 10.1. The quantitative estimate of drug-likeness (QED) is 0.906. The molecular formula is C16H20N4O3. The molecule has 7 nitrogen and oxygen atoms in total. The molecule has 1 atom stereocenters. The number of carbonyl (C=O) groups excluding carboxylic acids is 1. The van der Waals surface area contributed by atoms with Gasteiger partial charge in [0.25, 0.3) is 5.91 Å². The van der Waals surface area contributed by atoms with Crippen LogP contribution < -0.4 is 0 Å². The molecule has 0 spiro atoms. The molecule has 1 aromatic carbocycles. The zero-order valence-corrected chi connectivity index (χ0v) is 13.6. The highest BCUT2D eigenvalue weighted by Gasteiger charge is 2.23. The van der Waals surface area contributed by atoms with Crippen molar-refractivity contribution in [3.8, 4) is 5.69 Å². The Morgan fingerprint density at radius 3 is 2.43 bits per heavy atom. The number of carboxylic acid groups (broad SMARTS) is 1. The number of aromatic nitrogens is 3. The largest absolute Gasteiger partial charge is 0.481 e. The van der Waals surface area contributed by atoms with Gasteiger partial charge in [0.1, 0.15) is 0 Å². The van der Waals surface area contributed by atoms with Crippen LogP contribution in [-0.4, -0.2) is 50.5 Å². The number of rotatable bonds is 5. The van der Waals surface area contributed by atoms with E-state index in [1.54, 1.807) is 25.6 Å². The highest BCUT2D eigenvalue weighted by Crippen LogP contribution is 2.14. The molecule has 0 fully saturated rings. The fourth-order valence-corrected chi connectivity index (χ4v) is 2.21. The van der Waals surface area contributed by atoms with Gasteiger partial charge in [-0.15, -0.1) is 5.10 Å². The monoisotopic (exact) mass is 316 g/mol. The molecule has 0 saturated carbocycles. The van der Waals surface area contributed by atoms with Crippen molar-refractivity contribution < 1.29 is 14.7 Å². The minimum Gasteiger partial charge on any atom is -0.481 e. The van der Waals surface area contributed by atoms with Crippen molar-refractivity contribution in [2.24, 2.45) is 5.92 Å². The van der Waals surface area contributed by atoms with E-state index in [1.807, 2.05) is 31.2 Å². The summed E-state index contributed by atoms with van der Waals surface area (Å²) in [5.41, 5.74) is 2.80. The Bertz CT molecular complexity index is 721. The second-order valence-corrected chi connectivity index (χ2v) is 5.70. The lowest BCUT2D eigenvalue weighted by Crippen LogP contribution is -2.34. The van der Waals surface area contributed by atoms with Crippen molar-refractivity contribution in [1.29, 1.82) is 0 Å². The van der Waals surface area contributed by atoms with Gasteiger partial charge in [0.05, 0.1) is 17.3 Å². The summed E-state index contributed by atoms with van der Waals surface area (Å²) in [6.07, 6.45) is 0. The van der Waals surface area contributed by atoms with Gasteiger partial charge in [-0.2, -0.15) is 0 Å². The molecule has 0 bridgehead atoms. The predicted octanol–water partition coefficient (Wildman–Crippen LogP) is 1.68. The SMILES string of the molecule is Cc1ccc(-n2nnc(C(=O)N(C)CC(C)C(=O)O)c2C)cc1. The number of hydrogen-bond donors (Lipinski definition) is 1. The minimum absolute atomic E-state index is 0.116. The Kier molecular flexibility index (Phi) is 4.78. The van der Waals surface area contributed by atoms with Crippen molar-refractivity contribution in [2.75, 3.05) is 13.6 Å². The van der Waals surface area contributed by atoms with Gasteiger partial charge in [0, 0.05) is 13.6 Å².